The van der Waals surface area contributed by atoms with Crippen molar-refractivity contribution in [3.63, 3.8) is 0 Å². The van der Waals surface area contributed by atoms with E-state index in [9.17, 15) is 18.4 Å². The molecule has 1 N–H and O–H groups in total. The molecule has 37 heavy (non-hydrogen) atoms. The summed E-state index contributed by atoms with van der Waals surface area (Å²) in [5, 5.41) is 15.0. The minimum atomic E-state index is -1.12. The highest BCUT2D eigenvalue weighted by Gasteiger charge is 2.35. The van der Waals surface area contributed by atoms with Crippen LogP contribution in [0.2, 0.25) is 0 Å². The zero-order valence-electron chi connectivity index (χ0n) is 20.6. The van der Waals surface area contributed by atoms with Crippen LogP contribution in [0.1, 0.15) is 38.1 Å². The maximum absolute atomic E-state index is 13.6. The molecule has 0 saturated carbocycles. The molecule has 4 aromatic rings. The van der Waals surface area contributed by atoms with E-state index < -0.39 is 35.0 Å². The fourth-order valence-electron chi connectivity index (χ4n) is 3.66. The zero-order valence-corrected chi connectivity index (χ0v) is 20.6. The van der Waals surface area contributed by atoms with Crippen molar-refractivity contribution in [1.29, 1.82) is 0 Å². The Kier molecular flexibility index (Phi) is 7.42. The van der Waals surface area contributed by atoms with Gasteiger partial charge >= 0.3 is 0 Å². The molecule has 0 saturated heterocycles. The highest BCUT2D eigenvalue weighted by atomic mass is 19.1. The predicted octanol–water partition coefficient (Wildman–Crippen LogP) is 3.90. The van der Waals surface area contributed by atoms with Crippen LogP contribution in [-0.4, -0.2) is 42.5 Å². The molecule has 0 aliphatic rings. The van der Waals surface area contributed by atoms with Crippen LogP contribution in [0.15, 0.2) is 71.3 Å². The molecular weight excluding hydrogens is 482 g/mol. The van der Waals surface area contributed by atoms with Gasteiger partial charge in [-0.3, -0.25) is 9.59 Å². The number of amides is 2. The van der Waals surface area contributed by atoms with Crippen LogP contribution < -0.4 is 5.32 Å². The number of halogens is 2. The third kappa shape index (κ3) is 6.63. The van der Waals surface area contributed by atoms with E-state index in [-0.39, 0.29) is 24.7 Å². The third-order valence-corrected chi connectivity index (χ3v) is 5.29. The minimum absolute atomic E-state index is 0.0123. The van der Waals surface area contributed by atoms with Crippen molar-refractivity contribution in [3.8, 4) is 11.4 Å². The molecule has 0 radical (unpaired) electrons. The summed E-state index contributed by atoms with van der Waals surface area (Å²) in [4.78, 5) is 29.5. The standard InChI is InChI=1S/C26H26F2N6O3/c1-26(2,3)29-25(36)23(21-5-4-14-37-21)33(15-17-6-10-19(27)11-7-17)22(35)16-34-31-24(30-32-34)18-8-12-20(28)13-9-18/h4-14,23H,15-16H2,1-3H3,(H,29,36)/t23-/m1/s1. The predicted molar refractivity (Wildman–Crippen MR) is 130 cm³/mol. The van der Waals surface area contributed by atoms with E-state index in [1.54, 1.807) is 12.1 Å². The Labute approximate surface area is 212 Å². The van der Waals surface area contributed by atoms with E-state index in [1.165, 1.54) is 59.7 Å². The summed E-state index contributed by atoms with van der Waals surface area (Å²) in [5.41, 5.74) is 0.555. The molecule has 192 valence electrons. The van der Waals surface area contributed by atoms with E-state index in [0.717, 1.165) is 4.80 Å². The van der Waals surface area contributed by atoms with E-state index in [0.29, 0.717) is 11.1 Å². The fourth-order valence-corrected chi connectivity index (χ4v) is 3.66. The first-order valence-electron chi connectivity index (χ1n) is 11.5. The Balaban J connectivity index is 1.65. The van der Waals surface area contributed by atoms with Crippen molar-refractivity contribution in [2.75, 3.05) is 0 Å². The monoisotopic (exact) mass is 508 g/mol. The highest BCUT2D eigenvalue weighted by molar-refractivity contribution is 5.88. The van der Waals surface area contributed by atoms with Gasteiger partial charge in [-0.2, -0.15) is 4.80 Å². The van der Waals surface area contributed by atoms with Crippen LogP contribution in [0.4, 0.5) is 8.78 Å². The largest absolute Gasteiger partial charge is 0.467 e. The first-order chi connectivity index (χ1) is 17.6. The fraction of sp³-hybridized carbons (Fsp3) is 0.269. The topological polar surface area (TPSA) is 106 Å². The number of hydrogen-bond acceptors (Lipinski definition) is 6. The van der Waals surface area contributed by atoms with Gasteiger partial charge in [0.1, 0.15) is 23.9 Å². The lowest BCUT2D eigenvalue weighted by molar-refractivity contribution is -0.143. The van der Waals surface area contributed by atoms with E-state index in [2.05, 4.69) is 20.7 Å². The molecule has 4 rings (SSSR count). The van der Waals surface area contributed by atoms with Crippen molar-refractivity contribution in [3.05, 3.63) is 89.9 Å². The highest BCUT2D eigenvalue weighted by Crippen LogP contribution is 2.26. The molecule has 9 nitrogen and oxygen atoms in total. The van der Waals surface area contributed by atoms with Crippen LogP contribution in [0, 0.1) is 11.6 Å². The normalized spacial score (nSPS) is 12.2. The van der Waals surface area contributed by atoms with Gasteiger partial charge in [0.15, 0.2) is 6.04 Å². The van der Waals surface area contributed by atoms with Crippen molar-refractivity contribution in [2.24, 2.45) is 0 Å². The molecule has 0 bridgehead atoms. The van der Waals surface area contributed by atoms with Gasteiger partial charge in [-0.25, -0.2) is 8.78 Å². The Morgan fingerprint density at radius 2 is 1.68 bits per heavy atom. The number of hydrogen-bond donors (Lipinski definition) is 1. The lowest BCUT2D eigenvalue weighted by atomic mass is 10.1. The maximum Gasteiger partial charge on any atom is 0.251 e. The quantitative estimate of drug-likeness (QED) is 0.387. The minimum Gasteiger partial charge on any atom is -0.467 e. The lowest BCUT2D eigenvalue weighted by Crippen LogP contribution is -2.49. The average molecular weight is 509 g/mol. The van der Waals surface area contributed by atoms with E-state index in [1.807, 2.05) is 20.8 Å². The molecule has 1 atom stereocenters. The molecule has 11 heteroatoms. The van der Waals surface area contributed by atoms with Gasteiger partial charge in [0, 0.05) is 17.6 Å². The van der Waals surface area contributed by atoms with Crippen molar-refractivity contribution in [2.45, 2.75) is 45.4 Å². The van der Waals surface area contributed by atoms with Crippen LogP contribution in [0.5, 0.6) is 0 Å². The molecule has 0 spiro atoms. The number of aromatic nitrogens is 4. The summed E-state index contributed by atoms with van der Waals surface area (Å²) in [6.07, 6.45) is 1.42. The van der Waals surface area contributed by atoms with Gasteiger partial charge in [0.05, 0.1) is 6.26 Å². The number of carbonyl (C=O) groups excluding carboxylic acids is 2. The molecular formula is C26H26F2N6O3. The Morgan fingerprint density at radius 1 is 1.03 bits per heavy atom. The van der Waals surface area contributed by atoms with Gasteiger partial charge in [0.25, 0.3) is 5.91 Å². The van der Waals surface area contributed by atoms with E-state index in [4.69, 9.17) is 4.42 Å². The van der Waals surface area contributed by atoms with Crippen LogP contribution in [0.3, 0.4) is 0 Å². The van der Waals surface area contributed by atoms with Crippen LogP contribution >= 0.6 is 0 Å². The molecule has 2 heterocycles. The molecule has 2 aromatic carbocycles. The number of rotatable bonds is 8. The molecule has 0 unspecified atom stereocenters. The van der Waals surface area contributed by atoms with Gasteiger partial charge in [-0.15, -0.1) is 10.2 Å². The number of nitrogens with zero attached hydrogens (tertiary/aromatic N) is 5. The Hall–Kier alpha value is -4.41. The third-order valence-electron chi connectivity index (χ3n) is 5.29. The molecule has 0 aliphatic carbocycles. The van der Waals surface area contributed by atoms with Gasteiger partial charge in [-0.1, -0.05) is 12.1 Å². The first-order valence-corrected chi connectivity index (χ1v) is 11.5. The van der Waals surface area contributed by atoms with Crippen molar-refractivity contribution in [1.82, 2.24) is 30.4 Å². The molecule has 0 fully saturated rings. The lowest BCUT2D eigenvalue weighted by Gasteiger charge is -2.32. The Morgan fingerprint density at radius 3 is 2.27 bits per heavy atom. The number of benzene rings is 2. The van der Waals surface area contributed by atoms with Gasteiger partial charge in [0.2, 0.25) is 11.7 Å². The second kappa shape index (κ2) is 10.7. The zero-order chi connectivity index (χ0) is 26.6. The SMILES string of the molecule is CC(C)(C)NC(=O)[C@@H](c1ccco1)N(Cc1ccc(F)cc1)C(=O)Cn1nnc(-c2ccc(F)cc2)n1. The van der Waals surface area contributed by atoms with Crippen LogP contribution in [0.25, 0.3) is 11.4 Å². The van der Waals surface area contributed by atoms with E-state index >= 15 is 0 Å². The number of furan rings is 1. The average Bonchev–Trinajstić information content (AvgIpc) is 3.52. The van der Waals surface area contributed by atoms with Gasteiger partial charge < -0.3 is 14.6 Å². The maximum atomic E-state index is 13.6. The van der Waals surface area contributed by atoms with Crippen molar-refractivity contribution >= 4 is 11.8 Å². The number of tetrazole rings is 1. The van der Waals surface area contributed by atoms with Gasteiger partial charge in [-0.05, 0) is 80.1 Å². The summed E-state index contributed by atoms with van der Waals surface area (Å²) >= 11 is 0. The number of carbonyl (C=O) groups is 2. The van der Waals surface area contributed by atoms with Crippen LogP contribution in [-0.2, 0) is 22.7 Å². The molecule has 2 aromatic heterocycles. The summed E-state index contributed by atoms with van der Waals surface area (Å²) in [5.74, 6) is -1.30. The first kappa shape index (κ1) is 25.7. The summed E-state index contributed by atoms with van der Waals surface area (Å²) < 4.78 is 32.3. The molecule has 0 aliphatic heterocycles. The summed E-state index contributed by atoms with van der Waals surface area (Å²) in [6.45, 7) is 5.13. The number of nitrogens with one attached hydrogen (secondary N) is 1. The second-order valence-corrected chi connectivity index (χ2v) is 9.46. The second-order valence-electron chi connectivity index (χ2n) is 9.46. The summed E-state index contributed by atoms with van der Waals surface area (Å²) in [7, 11) is 0. The van der Waals surface area contributed by atoms with Crippen molar-refractivity contribution < 1.29 is 22.8 Å². The smallest absolute Gasteiger partial charge is 0.251 e. The molecule has 2 amide bonds. The Bertz CT molecular complexity index is 1350. The summed E-state index contributed by atoms with van der Waals surface area (Å²) in [6, 6.07) is 13.3.